The van der Waals surface area contributed by atoms with E-state index in [0.717, 1.165) is 0 Å². The first-order chi connectivity index (χ1) is 9.52. The molecule has 0 saturated carbocycles. The molecule has 0 aromatic heterocycles. The van der Waals surface area contributed by atoms with Gasteiger partial charge in [0, 0.05) is 6.54 Å². The van der Waals surface area contributed by atoms with Gasteiger partial charge in [-0.05, 0) is 19.1 Å². The minimum Gasteiger partial charge on any atom is -0.480 e. The molecule has 0 saturated heterocycles. The van der Waals surface area contributed by atoms with Crippen LogP contribution in [0.3, 0.4) is 0 Å². The first-order valence-electron chi connectivity index (χ1n) is 6.20. The molecule has 0 fully saturated rings. The Morgan fingerprint density at radius 2 is 2.10 bits per heavy atom. The number of nitrogens with zero attached hydrogens (tertiary/aromatic N) is 2. The predicted octanol–water partition coefficient (Wildman–Crippen LogP) is 0.972. The molecule has 1 aliphatic rings. The van der Waals surface area contributed by atoms with Crippen LogP contribution in [0.4, 0.5) is 16.2 Å². The molecular weight excluding hydrogens is 262 g/mol. The van der Waals surface area contributed by atoms with Gasteiger partial charge in [0.05, 0.1) is 11.4 Å². The van der Waals surface area contributed by atoms with Gasteiger partial charge in [0.1, 0.15) is 13.1 Å². The lowest BCUT2D eigenvalue weighted by molar-refractivity contribution is -0.137. The lowest BCUT2D eigenvalue weighted by Gasteiger charge is -2.32. The number of carboxylic acid groups (broad SMARTS) is 1. The van der Waals surface area contributed by atoms with E-state index in [-0.39, 0.29) is 19.0 Å². The Kier molecular flexibility index (Phi) is 3.88. The molecule has 20 heavy (non-hydrogen) atoms. The van der Waals surface area contributed by atoms with Crippen LogP contribution in [0.2, 0.25) is 0 Å². The van der Waals surface area contributed by atoms with Crippen LogP contribution >= 0.6 is 0 Å². The van der Waals surface area contributed by atoms with Crippen LogP contribution < -0.4 is 10.2 Å². The van der Waals surface area contributed by atoms with E-state index in [1.807, 2.05) is 0 Å². The van der Waals surface area contributed by atoms with E-state index in [1.165, 1.54) is 9.80 Å². The maximum atomic E-state index is 12.4. The number of para-hydroxylation sites is 2. The highest BCUT2D eigenvalue weighted by Crippen LogP contribution is 2.29. The lowest BCUT2D eigenvalue weighted by Crippen LogP contribution is -2.50. The molecule has 0 spiro atoms. The number of carboxylic acids is 1. The normalized spacial score (nSPS) is 13.4. The van der Waals surface area contributed by atoms with Crippen molar-refractivity contribution in [3.05, 3.63) is 24.3 Å². The van der Waals surface area contributed by atoms with Crippen LogP contribution in [0.1, 0.15) is 6.92 Å². The number of fused-ring (bicyclic) bond motifs is 1. The smallest absolute Gasteiger partial charge is 0.325 e. The summed E-state index contributed by atoms with van der Waals surface area (Å²) >= 11 is 0. The highest BCUT2D eigenvalue weighted by Gasteiger charge is 2.30. The molecule has 7 nitrogen and oxygen atoms in total. The Labute approximate surface area is 115 Å². The maximum absolute atomic E-state index is 12.4. The Hall–Kier alpha value is -2.57. The van der Waals surface area contributed by atoms with Crippen LogP contribution in [0.5, 0.6) is 0 Å². The standard InChI is InChI=1S/C13H15N3O4/c1-2-15(8-12(18)19)13(20)16-7-11(17)14-9-5-3-4-6-10(9)16/h3-6H,2,7-8H2,1H3,(H,14,17)(H,18,19). The summed E-state index contributed by atoms with van der Waals surface area (Å²) in [6.45, 7) is 1.43. The molecule has 106 valence electrons. The highest BCUT2D eigenvalue weighted by atomic mass is 16.4. The van der Waals surface area contributed by atoms with Crippen LogP contribution in [0.25, 0.3) is 0 Å². The molecule has 1 heterocycles. The number of hydrogen-bond acceptors (Lipinski definition) is 3. The van der Waals surface area contributed by atoms with Gasteiger partial charge < -0.3 is 15.3 Å². The SMILES string of the molecule is CCN(CC(=O)O)C(=O)N1CC(=O)Nc2ccccc21. The molecule has 1 aromatic rings. The number of likely N-dealkylation sites (N-methyl/N-ethyl adjacent to an activating group) is 1. The van der Waals surface area contributed by atoms with Crippen molar-refractivity contribution in [2.45, 2.75) is 6.92 Å². The number of hydrogen-bond donors (Lipinski definition) is 2. The molecular formula is C13H15N3O4. The van der Waals surface area contributed by atoms with E-state index < -0.39 is 18.5 Å². The van der Waals surface area contributed by atoms with Gasteiger partial charge in [-0.25, -0.2) is 4.79 Å². The summed E-state index contributed by atoms with van der Waals surface area (Å²) in [5.74, 6) is -1.39. The number of benzene rings is 1. The van der Waals surface area contributed by atoms with Gasteiger partial charge in [-0.1, -0.05) is 12.1 Å². The first kappa shape index (κ1) is 13.9. The molecule has 0 radical (unpaired) electrons. The Morgan fingerprint density at radius 3 is 2.75 bits per heavy atom. The number of nitrogens with one attached hydrogen (secondary N) is 1. The van der Waals surface area contributed by atoms with Crippen LogP contribution in [0.15, 0.2) is 24.3 Å². The Bertz CT molecular complexity index is 558. The van der Waals surface area contributed by atoms with Gasteiger partial charge in [0.25, 0.3) is 0 Å². The largest absolute Gasteiger partial charge is 0.480 e. The monoisotopic (exact) mass is 277 g/mol. The zero-order valence-corrected chi connectivity index (χ0v) is 11.0. The summed E-state index contributed by atoms with van der Waals surface area (Å²) < 4.78 is 0. The van der Waals surface area contributed by atoms with Gasteiger partial charge in [0.15, 0.2) is 0 Å². The van der Waals surface area contributed by atoms with E-state index in [9.17, 15) is 14.4 Å². The predicted molar refractivity (Wildman–Crippen MR) is 72.7 cm³/mol. The van der Waals surface area contributed by atoms with Crippen molar-refractivity contribution < 1.29 is 19.5 Å². The lowest BCUT2D eigenvalue weighted by atomic mass is 10.2. The van der Waals surface area contributed by atoms with Crippen LogP contribution in [0, 0.1) is 0 Å². The summed E-state index contributed by atoms with van der Waals surface area (Å²) in [5, 5.41) is 11.5. The number of amides is 3. The molecule has 0 bridgehead atoms. The first-order valence-corrected chi connectivity index (χ1v) is 6.20. The Balaban J connectivity index is 2.29. The summed E-state index contributed by atoms with van der Waals surface area (Å²) in [7, 11) is 0. The molecule has 1 aromatic carbocycles. The number of carbonyl (C=O) groups is 3. The second kappa shape index (κ2) is 5.60. The molecule has 0 aliphatic carbocycles. The topological polar surface area (TPSA) is 90.0 Å². The minimum atomic E-state index is -1.09. The van der Waals surface area contributed by atoms with Crippen molar-refractivity contribution in [3.63, 3.8) is 0 Å². The number of carbonyl (C=O) groups excluding carboxylic acids is 2. The van der Waals surface area contributed by atoms with Crippen LogP contribution in [-0.2, 0) is 9.59 Å². The van der Waals surface area contributed by atoms with Crippen molar-refractivity contribution >= 4 is 29.3 Å². The second-order valence-electron chi connectivity index (χ2n) is 4.34. The third-order valence-electron chi connectivity index (χ3n) is 2.98. The van der Waals surface area contributed by atoms with Gasteiger partial charge in [0.2, 0.25) is 5.91 Å². The fourth-order valence-electron chi connectivity index (χ4n) is 2.05. The van der Waals surface area contributed by atoms with E-state index >= 15 is 0 Å². The molecule has 3 amide bonds. The van der Waals surface area contributed by atoms with Crippen molar-refractivity contribution in [1.29, 1.82) is 0 Å². The molecule has 0 atom stereocenters. The van der Waals surface area contributed by atoms with E-state index in [4.69, 9.17) is 5.11 Å². The van der Waals surface area contributed by atoms with E-state index in [0.29, 0.717) is 11.4 Å². The van der Waals surface area contributed by atoms with E-state index in [1.54, 1.807) is 31.2 Å². The van der Waals surface area contributed by atoms with Crippen LogP contribution in [-0.4, -0.2) is 47.5 Å². The fourth-order valence-corrected chi connectivity index (χ4v) is 2.05. The number of rotatable bonds is 3. The van der Waals surface area contributed by atoms with Gasteiger partial charge >= 0.3 is 12.0 Å². The number of anilines is 2. The molecule has 2 rings (SSSR count). The zero-order valence-electron chi connectivity index (χ0n) is 11.0. The van der Waals surface area contributed by atoms with Crippen molar-refractivity contribution in [2.24, 2.45) is 0 Å². The summed E-state index contributed by atoms with van der Waals surface area (Å²) in [5.41, 5.74) is 1.12. The summed E-state index contributed by atoms with van der Waals surface area (Å²) in [6, 6.07) is 6.42. The molecule has 1 aliphatic heterocycles. The maximum Gasteiger partial charge on any atom is 0.325 e. The quantitative estimate of drug-likeness (QED) is 0.861. The average molecular weight is 277 g/mol. The van der Waals surface area contributed by atoms with Gasteiger partial charge in [-0.15, -0.1) is 0 Å². The third-order valence-corrected chi connectivity index (χ3v) is 2.98. The minimum absolute atomic E-state index is 0.119. The zero-order chi connectivity index (χ0) is 14.7. The second-order valence-corrected chi connectivity index (χ2v) is 4.34. The fraction of sp³-hybridized carbons (Fsp3) is 0.308. The summed E-state index contributed by atoms with van der Waals surface area (Å²) in [6.07, 6.45) is 0. The average Bonchev–Trinajstić information content (AvgIpc) is 2.42. The molecule has 0 unspecified atom stereocenters. The number of aliphatic carboxylic acids is 1. The highest BCUT2D eigenvalue weighted by molar-refractivity contribution is 6.09. The summed E-state index contributed by atoms with van der Waals surface area (Å²) in [4.78, 5) is 37.3. The van der Waals surface area contributed by atoms with Crippen molar-refractivity contribution in [3.8, 4) is 0 Å². The molecule has 2 N–H and O–H groups in total. The van der Waals surface area contributed by atoms with E-state index in [2.05, 4.69) is 5.32 Å². The molecule has 7 heteroatoms. The Morgan fingerprint density at radius 1 is 1.40 bits per heavy atom. The van der Waals surface area contributed by atoms with Gasteiger partial charge in [-0.2, -0.15) is 0 Å². The van der Waals surface area contributed by atoms with Gasteiger partial charge in [-0.3, -0.25) is 14.5 Å². The van der Waals surface area contributed by atoms with Crippen molar-refractivity contribution in [2.75, 3.05) is 29.9 Å². The van der Waals surface area contributed by atoms with Crippen molar-refractivity contribution in [1.82, 2.24) is 4.90 Å². The number of urea groups is 1. The third kappa shape index (κ3) is 2.71.